The lowest BCUT2D eigenvalue weighted by Gasteiger charge is -2.26. The van der Waals surface area contributed by atoms with E-state index in [9.17, 15) is 4.39 Å². The molecule has 14 heavy (non-hydrogen) atoms. The molecule has 1 unspecified atom stereocenters. The van der Waals surface area contributed by atoms with Crippen molar-refractivity contribution in [2.45, 2.75) is 25.2 Å². The molecule has 1 aromatic rings. The number of hydrogen-bond acceptors (Lipinski definition) is 1. The smallest absolute Gasteiger partial charge is 0.146 e. The number of para-hydroxylation sites is 1. The Morgan fingerprint density at radius 1 is 1.21 bits per heavy atom. The van der Waals surface area contributed by atoms with Crippen molar-refractivity contribution in [3.8, 4) is 0 Å². The minimum Gasteiger partial charge on any atom is -0.382 e. The van der Waals surface area contributed by atoms with Crippen LogP contribution in [0.4, 0.5) is 10.1 Å². The molecular weight excluding hydrogens is 177 g/mol. The quantitative estimate of drug-likeness (QED) is 0.719. The van der Waals surface area contributed by atoms with Gasteiger partial charge in [-0.05, 0) is 42.7 Å². The van der Waals surface area contributed by atoms with Crippen molar-refractivity contribution in [1.82, 2.24) is 0 Å². The Kier molecular flexibility index (Phi) is 1.76. The van der Waals surface area contributed by atoms with Crippen LogP contribution in [0.3, 0.4) is 0 Å². The third kappa shape index (κ3) is 1.21. The fraction of sp³-hybridized carbons (Fsp3) is 0.500. The summed E-state index contributed by atoms with van der Waals surface area (Å²) in [4.78, 5) is 0. The highest BCUT2D eigenvalue weighted by Gasteiger charge is 2.35. The summed E-state index contributed by atoms with van der Waals surface area (Å²) in [6, 6.07) is 5.45. The van der Waals surface area contributed by atoms with Gasteiger partial charge >= 0.3 is 0 Å². The lowest BCUT2D eigenvalue weighted by molar-refractivity contribution is 0.546. The molecule has 1 heterocycles. The highest BCUT2D eigenvalue weighted by atomic mass is 19.1. The maximum Gasteiger partial charge on any atom is 0.146 e. The van der Waals surface area contributed by atoms with Gasteiger partial charge in [-0.1, -0.05) is 12.1 Å². The summed E-state index contributed by atoms with van der Waals surface area (Å²) in [6.45, 7) is 0.926. The highest BCUT2D eigenvalue weighted by molar-refractivity contribution is 5.56. The van der Waals surface area contributed by atoms with E-state index in [1.165, 1.54) is 24.8 Å². The summed E-state index contributed by atoms with van der Waals surface area (Å²) in [5.74, 6) is 1.35. The van der Waals surface area contributed by atoms with Gasteiger partial charge in [0.15, 0.2) is 0 Å². The number of rotatable bonds is 1. The molecule has 0 bridgehead atoms. The number of benzene rings is 1. The van der Waals surface area contributed by atoms with Crippen molar-refractivity contribution in [2.75, 3.05) is 11.9 Å². The molecular formula is C12H14FN. The summed E-state index contributed by atoms with van der Waals surface area (Å²) in [5, 5.41) is 3.17. The normalized spacial score (nSPS) is 25.4. The van der Waals surface area contributed by atoms with Gasteiger partial charge in [-0.3, -0.25) is 0 Å². The molecule has 1 atom stereocenters. The summed E-state index contributed by atoms with van der Waals surface area (Å²) >= 11 is 0. The van der Waals surface area contributed by atoms with Crippen LogP contribution in [0, 0.1) is 11.7 Å². The second-order valence-corrected chi connectivity index (χ2v) is 4.36. The maximum absolute atomic E-state index is 13.5. The first kappa shape index (κ1) is 8.27. The molecule has 2 aliphatic rings. The van der Waals surface area contributed by atoms with Crippen LogP contribution in [0.1, 0.15) is 30.7 Å². The first-order chi connectivity index (χ1) is 6.86. The second-order valence-electron chi connectivity index (χ2n) is 4.36. The Bertz CT molecular complexity index is 357. The van der Waals surface area contributed by atoms with E-state index in [1.807, 2.05) is 6.07 Å². The van der Waals surface area contributed by atoms with Gasteiger partial charge in [0, 0.05) is 6.54 Å². The van der Waals surface area contributed by atoms with Crippen molar-refractivity contribution in [3.05, 3.63) is 29.6 Å². The summed E-state index contributed by atoms with van der Waals surface area (Å²) in [7, 11) is 0. The van der Waals surface area contributed by atoms with Gasteiger partial charge < -0.3 is 5.32 Å². The van der Waals surface area contributed by atoms with E-state index in [-0.39, 0.29) is 5.82 Å². The molecule has 0 aromatic heterocycles. The van der Waals surface area contributed by atoms with Crippen LogP contribution in [0.5, 0.6) is 0 Å². The molecule has 0 radical (unpaired) electrons. The topological polar surface area (TPSA) is 12.0 Å². The molecule has 0 saturated heterocycles. The number of halogens is 1. The van der Waals surface area contributed by atoms with Crippen LogP contribution in [0.25, 0.3) is 0 Å². The van der Waals surface area contributed by atoms with Gasteiger partial charge in [0.25, 0.3) is 0 Å². The standard InChI is InChI=1S/C12H14FN/c13-11-3-1-2-10-9(8-4-5-8)6-7-14-12(10)11/h1-3,8-9,14H,4-7H2. The fourth-order valence-electron chi connectivity index (χ4n) is 2.53. The lowest BCUT2D eigenvalue weighted by Crippen LogP contribution is -2.19. The van der Waals surface area contributed by atoms with Gasteiger partial charge in [-0.15, -0.1) is 0 Å². The maximum atomic E-state index is 13.5. The Hall–Kier alpha value is -1.05. The fourth-order valence-corrected chi connectivity index (χ4v) is 2.53. The Balaban J connectivity index is 2.05. The highest BCUT2D eigenvalue weighted by Crippen LogP contribution is 2.48. The number of nitrogens with one attached hydrogen (secondary N) is 1. The molecule has 1 N–H and O–H groups in total. The molecule has 1 nitrogen and oxygen atoms in total. The van der Waals surface area contributed by atoms with Crippen LogP contribution in [-0.2, 0) is 0 Å². The molecule has 0 spiro atoms. The number of fused-ring (bicyclic) bond motifs is 1. The molecule has 3 rings (SSSR count). The zero-order chi connectivity index (χ0) is 9.54. The van der Waals surface area contributed by atoms with E-state index in [0.29, 0.717) is 5.92 Å². The zero-order valence-corrected chi connectivity index (χ0v) is 8.09. The SMILES string of the molecule is Fc1cccc2c1NCCC2C1CC1. The molecule has 74 valence electrons. The van der Waals surface area contributed by atoms with E-state index in [0.717, 1.165) is 18.2 Å². The van der Waals surface area contributed by atoms with Gasteiger partial charge in [0.1, 0.15) is 5.82 Å². The Morgan fingerprint density at radius 3 is 2.86 bits per heavy atom. The monoisotopic (exact) mass is 191 g/mol. The predicted octanol–water partition coefficient (Wildman–Crippen LogP) is 3.13. The largest absolute Gasteiger partial charge is 0.382 e. The third-order valence-electron chi connectivity index (χ3n) is 3.39. The van der Waals surface area contributed by atoms with Crippen LogP contribution in [-0.4, -0.2) is 6.54 Å². The zero-order valence-electron chi connectivity index (χ0n) is 8.09. The van der Waals surface area contributed by atoms with E-state index < -0.39 is 0 Å². The average molecular weight is 191 g/mol. The van der Waals surface area contributed by atoms with Gasteiger partial charge in [-0.25, -0.2) is 4.39 Å². The molecule has 1 fully saturated rings. The summed E-state index contributed by atoms with van der Waals surface area (Å²) < 4.78 is 13.5. The van der Waals surface area contributed by atoms with Crippen molar-refractivity contribution >= 4 is 5.69 Å². The number of anilines is 1. The predicted molar refractivity (Wildman–Crippen MR) is 55.0 cm³/mol. The van der Waals surface area contributed by atoms with Crippen LogP contribution in [0.15, 0.2) is 18.2 Å². The molecule has 2 heteroatoms. The van der Waals surface area contributed by atoms with Gasteiger partial charge in [0.05, 0.1) is 5.69 Å². The van der Waals surface area contributed by atoms with E-state index in [1.54, 1.807) is 6.07 Å². The van der Waals surface area contributed by atoms with E-state index in [2.05, 4.69) is 11.4 Å². The first-order valence-corrected chi connectivity index (χ1v) is 5.38. The first-order valence-electron chi connectivity index (χ1n) is 5.38. The van der Waals surface area contributed by atoms with Gasteiger partial charge in [-0.2, -0.15) is 0 Å². The minimum absolute atomic E-state index is 0.0900. The molecule has 1 aliphatic heterocycles. The molecule has 1 saturated carbocycles. The molecule has 0 amide bonds. The van der Waals surface area contributed by atoms with Crippen molar-refractivity contribution in [2.24, 2.45) is 5.92 Å². The molecule has 1 aromatic carbocycles. The van der Waals surface area contributed by atoms with Crippen LogP contribution in [0.2, 0.25) is 0 Å². The average Bonchev–Trinajstić information content (AvgIpc) is 3.01. The summed E-state index contributed by atoms with van der Waals surface area (Å²) in [5.41, 5.74) is 1.97. The Morgan fingerprint density at radius 2 is 2.07 bits per heavy atom. The summed E-state index contributed by atoms with van der Waals surface area (Å²) in [6.07, 6.45) is 3.84. The van der Waals surface area contributed by atoms with Crippen molar-refractivity contribution in [3.63, 3.8) is 0 Å². The second kappa shape index (κ2) is 2.97. The minimum atomic E-state index is -0.0900. The van der Waals surface area contributed by atoms with Crippen molar-refractivity contribution < 1.29 is 4.39 Å². The molecule has 1 aliphatic carbocycles. The van der Waals surface area contributed by atoms with Crippen molar-refractivity contribution in [1.29, 1.82) is 0 Å². The lowest BCUT2D eigenvalue weighted by atomic mass is 9.87. The van der Waals surface area contributed by atoms with Crippen LogP contribution >= 0.6 is 0 Å². The van der Waals surface area contributed by atoms with E-state index >= 15 is 0 Å². The van der Waals surface area contributed by atoms with Crippen LogP contribution < -0.4 is 5.32 Å². The Labute approximate surface area is 83.3 Å². The van der Waals surface area contributed by atoms with Gasteiger partial charge in [0.2, 0.25) is 0 Å². The third-order valence-corrected chi connectivity index (χ3v) is 3.39. The number of hydrogen-bond donors (Lipinski definition) is 1. The van der Waals surface area contributed by atoms with E-state index in [4.69, 9.17) is 0 Å².